The van der Waals surface area contributed by atoms with Gasteiger partial charge in [-0.05, 0) is 61.9 Å². The molecule has 0 radical (unpaired) electrons. The molecule has 1 atom stereocenters. The van der Waals surface area contributed by atoms with Gasteiger partial charge in [0.1, 0.15) is 5.84 Å². The number of anilines is 1. The van der Waals surface area contributed by atoms with Gasteiger partial charge < -0.3 is 20.6 Å². The summed E-state index contributed by atoms with van der Waals surface area (Å²) in [6.45, 7) is 0.905. The van der Waals surface area contributed by atoms with Gasteiger partial charge in [0.15, 0.2) is 0 Å². The van der Waals surface area contributed by atoms with Gasteiger partial charge in [0.25, 0.3) is 0 Å². The highest BCUT2D eigenvalue weighted by molar-refractivity contribution is 5.99. The largest absolute Gasteiger partial charge is 0.481 e. The molecule has 2 amide bonds. The Bertz CT molecular complexity index is 1080. The van der Waals surface area contributed by atoms with Gasteiger partial charge in [0.2, 0.25) is 11.8 Å². The minimum Gasteiger partial charge on any atom is -0.481 e. The molecule has 1 unspecified atom stereocenters. The van der Waals surface area contributed by atoms with E-state index in [-0.39, 0.29) is 36.0 Å². The first kappa shape index (κ1) is 24.4. The Balaban J connectivity index is 1.46. The van der Waals surface area contributed by atoms with E-state index in [0.29, 0.717) is 50.8 Å². The van der Waals surface area contributed by atoms with Crippen LogP contribution in [0.2, 0.25) is 0 Å². The molecule has 8 nitrogen and oxygen atoms in total. The summed E-state index contributed by atoms with van der Waals surface area (Å²) in [4.78, 5) is 41.7. The number of carboxylic acid groups (broad SMARTS) is 1. The minimum absolute atomic E-state index is 0.0208. The standard InChI is InChI=1S/C27H32N4O4/c28-25(29)19-6-10-22(11-7-19)30-15-14-21(16-24(30)32)26(33)31(17-18-4-2-1-3-5-18)23-12-8-20(9-13-23)27(34)35/h1-7,10-11,20-21,23H,8-9,12-17H2,(H3,28,29)(H,34,35). The molecule has 2 aromatic rings. The highest BCUT2D eigenvalue weighted by Gasteiger charge is 2.37. The Labute approximate surface area is 205 Å². The fraction of sp³-hybridized carbons (Fsp3) is 0.407. The van der Waals surface area contributed by atoms with Crippen molar-refractivity contribution in [3.63, 3.8) is 0 Å². The molecular weight excluding hydrogens is 444 g/mol. The number of nitrogens with two attached hydrogens (primary N) is 1. The number of nitrogens with zero attached hydrogens (tertiary/aromatic N) is 2. The second-order valence-corrected chi connectivity index (χ2v) is 9.49. The van der Waals surface area contributed by atoms with Crippen LogP contribution in [-0.2, 0) is 20.9 Å². The van der Waals surface area contributed by atoms with E-state index in [1.54, 1.807) is 29.2 Å². The Kier molecular flexibility index (Phi) is 7.48. The van der Waals surface area contributed by atoms with Gasteiger partial charge in [-0.1, -0.05) is 30.3 Å². The number of nitrogen functional groups attached to an aromatic ring is 1. The molecule has 1 heterocycles. The van der Waals surface area contributed by atoms with Crippen LogP contribution in [-0.4, -0.2) is 46.2 Å². The lowest BCUT2D eigenvalue weighted by atomic mass is 9.84. The molecule has 0 aromatic heterocycles. The topological polar surface area (TPSA) is 128 Å². The Hall–Kier alpha value is -3.68. The molecule has 2 fully saturated rings. The van der Waals surface area contributed by atoms with Gasteiger partial charge in [-0.15, -0.1) is 0 Å². The number of hydrogen-bond acceptors (Lipinski definition) is 4. The van der Waals surface area contributed by atoms with Crippen molar-refractivity contribution in [1.29, 1.82) is 5.41 Å². The molecule has 4 N–H and O–H groups in total. The average Bonchev–Trinajstić information content (AvgIpc) is 2.87. The lowest BCUT2D eigenvalue weighted by molar-refractivity contribution is -0.145. The zero-order chi connectivity index (χ0) is 24.9. The molecule has 8 heteroatoms. The number of aliphatic carboxylic acids is 1. The van der Waals surface area contributed by atoms with E-state index in [4.69, 9.17) is 11.1 Å². The number of amidine groups is 1. The Morgan fingerprint density at radius 2 is 1.63 bits per heavy atom. The van der Waals surface area contributed by atoms with E-state index < -0.39 is 11.9 Å². The number of carbonyl (C=O) groups is 3. The predicted molar refractivity (Wildman–Crippen MR) is 133 cm³/mol. The van der Waals surface area contributed by atoms with Crippen molar-refractivity contribution in [2.45, 2.75) is 51.1 Å². The molecule has 4 rings (SSSR count). The third-order valence-electron chi connectivity index (χ3n) is 7.23. The molecule has 1 saturated heterocycles. The number of hydrogen-bond donors (Lipinski definition) is 3. The van der Waals surface area contributed by atoms with Crippen LogP contribution in [0.25, 0.3) is 0 Å². The third kappa shape index (κ3) is 5.70. The van der Waals surface area contributed by atoms with E-state index in [1.165, 1.54) is 0 Å². The van der Waals surface area contributed by atoms with Crippen LogP contribution in [0, 0.1) is 17.2 Å². The summed E-state index contributed by atoms with van der Waals surface area (Å²) < 4.78 is 0. The summed E-state index contributed by atoms with van der Waals surface area (Å²) in [6, 6.07) is 16.8. The highest BCUT2D eigenvalue weighted by Crippen LogP contribution is 2.32. The first-order chi connectivity index (χ1) is 16.8. The average molecular weight is 477 g/mol. The first-order valence-electron chi connectivity index (χ1n) is 12.2. The smallest absolute Gasteiger partial charge is 0.306 e. The van der Waals surface area contributed by atoms with E-state index >= 15 is 0 Å². The second kappa shape index (κ2) is 10.7. The lowest BCUT2D eigenvalue weighted by Gasteiger charge is -2.39. The number of carbonyl (C=O) groups excluding carboxylic acids is 2. The quantitative estimate of drug-likeness (QED) is 0.417. The fourth-order valence-corrected chi connectivity index (χ4v) is 5.17. The van der Waals surface area contributed by atoms with Gasteiger partial charge in [-0.25, -0.2) is 0 Å². The van der Waals surface area contributed by atoms with Crippen molar-refractivity contribution >= 4 is 29.3 Å². The normalized spacial score (nSPS) is 22.5. The fourth-order valence-electron chi connectivity index (χ4n) is 5.17. The predicted octanol–water partition coefficient (Wildman–Crippen LogP) is 3.39. The number of nitrogens with one attached hydrogen (secondary N) is 1. The van der Waals surface area contributed by atoms with Crippen LogP contribution in [0.3, 0.4) is 0 Å². The summed E-state index contributed by atoms with van der Waals surface area (Å²) >= 11 is 0. The van der Waals surface area contributed by atoms with Crippen molar-refractivity contribution < 1.29 is 19.5 Å². The molecule has 1 aliphatic carbocycles. The molecule has 1 aliphatic heterocycles. The summed E-state index contributed by atoms with van der Waals surface area (Å²) in [5.74, 6) is -1.65. The maximum atomic E-state index is 13.7. The van der Waals surface area contributed by atoms with E-state index in [1.807, 2.05) is 35.2 Å². The molecule has 184 valence electrons. The van der Waals surface area contributed by atoms with Crippen molar-refractivity contribution in [1.82, 2.24) is 4.90 Å². The highest BCUT2D eigenvalue weighted by atomic mass is 16.4. The summed E-state index contributed by atoms with van der Waals surface area (Å²) in [5, 5.41) is 16.9. The molecule has 0 bridgehead atoms. The number of amides is 2. The van der Waals surface area contributed by atoms with Crippen molar-refractivity contribution in [2.24, 2.45) is 17.6 Å². The third-order valence-corrected chi connectivity index (χ3v) is 7.23. The number of rotatable bonds is 7. The monoisotopic (exact) mass is 476 g/mol. The van der Waals surface area contributed by atoms with Crippen LogP contribution in [0.15, 0.2) is 54.6 Å². The first-order valence-corrected chi connectivity index (χ1v) is 12.2. The summed E-state index contributed by atoms with van der Waals surface area (Å²) in [5.41, 5.74) is 7.88. The number of carboxylic acids is 1. The van der Waals surface area contributed by atoms with Gasteiger partial charge in [0.05, 0.1) is 5.92 Å². The van der Waals surface area contributed by atoms with E-state index in [2.05, 4.69) is 0 Å². The SMILES string of the molecule is N=C(N)c1ccc(N2CCC(C(=O)N(Cc3ccccc3)C3CCC(C(=O)O)CC3)CC2=O)cc1. The molecule has 2 aromatic carbocycles. The zero-order valence-corrected chi connectivity index (χ0v) is 19.7. The second-order valence-electron chi connectivity index (χ2n) is 9.49. The van der Waals surface area contributed by atoms with Crippen molar-refractivity contribution in [3.05, 3.63) is 65.7 Å². The minimum atomic E-state index is -0.765. The summed E-state index contributed by atoms with van der Waals surface area (Å²) in [7, 11) is 0. The van der Waals surface area contributed by atoms with Gasteiger partial charge >= 0.3 is 5.97 Å². The van der Waals surface area contributed by atoms with E-state index in [9.17, 15) is 19.5 Å². The molecular formula is C27H32N4O4. The Morgan fingerprint density at radius 3 is 2.20 bits per heavy atom. The van der Waals surface area contributed by atoms with Gasteiger partial charge in [-0.3, -0.25) is 19.8 Å². The maximum Gasteiger partial charge on any atom is 0.306 e. The van der Waals surface area contributed by atoms with Crippen LogP contribution in [0.5, 0.6) is 0 Å². The number of piperidine rings is 1. The molecule has 1 saturated carbocycles. The van der Waals surface area contributed by atoms with Crippen LogP contribution < -0.4 is 10.6 Å². The van der Waals surface area contributed by atoms with E-state index in [0.717, 1.165) is 11.3 Å². The van der Waals surface area contributed by atoms with Crippen LogP contribution >= 0.6 is 0 Å². The maximum absolute atomic E-state index is 13.7. The molecule has 0 spiro atoms. The summed E-state index contributed by atoms with van der Waals surface area (Å²) in [6.07, 6.45) is 3.14. The van der Waals surface area contributed by atoms with Gasteiger partial charge in [0, 0.05) is 42.7 Å². The van der Waals surface area contributed by atoms with Crippen molar-refractivity contribution in [2.75, 3.05) is 11.4 Å². The van der Waals surface area contributed by atoms with Crippen molar-refractivity contribution in [3.8, 4) is 0 Å². The lowest BCUT2D eigenvalue weighted by Crippen LogP contribution is -2.49. The van der Waals surface area contributed by atoms with Crippen LogP contribution in [0.4, 0.5) is 5.69 Å². The molecule has 35 heavy (non-hydrogen) atoms. The Morgan fingerprint density at radius 1 is 0.971 bits per heavy atom. The van der Waals surface area contributed by atoms with Crippen LogP contribution in [0.1, 0.15) is 49.7 Å². The molecule has 2 aliphatic rings. The zero-order valence-electron chi connectivity index (χ0n) is 19.7. The van der Waals surface area contributed by atoms with Gasteiger partial charge in [-0.2, -0.15) is 0 Å². The number of benzene rings is 2.